The highest BCUT2D eigenvalue weighted by Gasteiger charge is 2.43. The van der Waals surface area contributed by atoms with Gasteiger partial charge in [0, 0.05) is 49.3 Å². The van der Waals surface area contributed by atoms with Crippen LogP contribution < -0.4 is 15.0 Å². The number of methoxy groups -OCH3 is 1. The second kappa shape index (κ2) is 6.31. The normalized spacial score (nSPS) is 21.3. The lowest BCUT2D eigenvalue weighted by atomic mass is 10.1. The second-order valence-electron chi connectivity index (χ2n) is 7.49. The third-order valence-electron chi connectivity index (χ3n) is 5.52. The zero-order valence-corrected chi connectivity index (χ0v) is 15.9. The molecular formula is C19H19F3N6O. The standard InChI is InChI=1S/C19H19F3N6O/c1-10-7-27-9-15(26-18(29-2)17(27)25-10)11-3-14(19(20,21)22)16(24-5-11)28-8-12-4-13(28)6-23-12/h3,5,7,9,12-13,23H,4,6,8H2,1-2H3/t12-,13-/m1/s1. The number of hydrogen-bond donors (Lipinski definition) is 1. The molecule has 2 saturated heterocycles. The molecule has 5 rings (SSSR count). The third kappa shape index (κ3) is 2.98. The largest absolute Gasteiger partial charge is 0.478 e. The molecule has 7 nitrogen and oxygen atoms in total. The van der Waals surface area contributed by atoms with Crippen LogP contribution in [0.5, 0.6) is 5.88 Å². The van der Waals surface area contributed by atoms with Gasteiger partial charge in [-0.25, -0.2) is 15.0 Å². The minimum Gasteiger partial charge on any atom is -0.478 e. The van der Waals surface area contributed by atoms with E-state index in [1.54, 1.807) is 21.7 Å². The van der Waals surface area contributed by atoms with E-state index in [4.69, 9.17) is 4.74 Å². The summed E-state index contributed by atoms with van der Waals surface area (Å²) < 4.78 is 48.7. The number of rotatable bonds is 3. The van der Waals surface area contributed by atoms with E-state index < -0.39 is 11.7 Å². The first-order valence-corrected chi connectivity index (χ1v) is 9.31. The number of fused-ring (bicyclic) bond motifs is 3. The summed E-state index contributed by atoms with van der Waals surface area (Å²) in [5, 5.41) is 3.30. The van der Waals surface area contributed by atoms with Gasteiger partial charge in [0.2, 0.25) is 5.65 Å². The monoisotopic (exact) mass is 404 g/mol. The molecule has 10 heteroatoms. The summed E-state index contributed by atoms with van der Waals surface area (Å²) in [6.07, 6.45) is 1.17. The molecule has 2 bridgehead atoms. The molecule has 0 radical (unpaired) electrons. The summed E-state index contributed by atoms with van der Waals surface area (Å²) in [6.45, 7) is 3.04. The molecule has 0 aromatic carbocycles. The molecule has 2 aliphatic heterocycles. The Kier molecular flexibility index (Phi) is 3.95. The Morgan fingerprint density at radius 1 is 1.24 bits per heavy atom. The minimum absolute atomic E-state index is 0.0123. The average Bonchev–Trinajstić information content (AvgIpc) is 3.40. The summed E-state index contributed by atoms with van der Waals surface area (Å²) in [5.74, 6) is 0.234. The molecule has 1 N–H and O–H groups in total. The van der Waals surface area contributed by atoms with Gasteiger partial charge in [0.05, 0.1) is 24.1 Å². The van der Waals surface area contributed by atoms with E-state index in [1.807, 2.05) is 6.92 Å². The summed E-state index contributed by atoms with van der Waals surface area (Å²) >= 11 is 0. The highest BCUT2D eigenvalue weighted by atomic mass is 19.4. The molecule has 2 aliphatic rings. The number of nitrogens with zero attached hydrogens (tertiary/aromatic N) is 5. The Hall–Kier alpha value is -2.88. The van der Waals surface area contributed by atoms with Gasteiger partial charge in [-0.3, -0.25) is 0 Å². The quantitative estimate of drug-likeness (QED) is 0.724. The van der Waals surface area contributed by atoms with Gasteiger partial charge >= 0.3 is 6.18 Å². The number of halogens is 3. The number of piperazine rings is 1. The molecule has 2 fully saturated rings. The van der Waals surface area contributed by atoms with E-state index >= 15 is 0 Å². The molecule has 0 amide bonds. The van der Waals surface area contributed by atoms with E-state index in [0.29, 0.717) is 24.4 Å². The average molecular weight is 404 g/mol. The first-order chi connectivity index (χ1) is 13.8. The molecule has 152 valence electrons. The van der Waals surface area contributed by atoms with Crippen LogP contribution in [-0.2, 0) is 6.18 Å². The van der Waals surface area contributed by atoms with Crippen molar-refractivity contribution in [1.82, 2.24) is 24.7 Å². The van der Waals surface area contributed by atoms with Gasteiger partial charge in [0.25, 0.3) is 5.88 Å². The highest BCUT2D eigenvalue weighted by Crippen LogP contribution is 2.40. The van der Waals surface area contributed by atoms with Crippen LogP contribution >= 0.6 is 0 Å². The number of anilines is 1. The van der Waals surface area contributed by atoms with Crippen LogP contribution in [0.25, 0.3) is 16.9 Å². The van der Waals surface area contributed by atoms with Crippen LogP contribution in [0.15, 0.2) is 24.7 Å². The van der Waals surface area contributed by atoms with Crippen LogP contribution in [0, 0.1) is 6.92 Å². The van der Waals surface area contributed by atoms with Crippen molar-refractivity contribution in [2.24, 2.45) is 0 Å². The Morgan fingerprint density at radius 3 is 2.72 bits per heavy atom. The van der Waals surface area contributed by atoms with E-state index in [-0.39, 0.29) is 29.3 Å². The van der Waals surface area contributed by atoms with E-state index in [0.717, 1.165) is 18.2 Å². The molecule has 3 aromatic rings. The van der Waals surface area contributed by atoms with Crippen molar-refractivity contribution in [1.29, 1.82) is 0 Å². The lowest BCUT2D eigenvalue weighted by Gasteiger charge is -2.30. The van der Waals surface area contributed by atoms with Gasteiger partial charge < -0.3 is 19.4 Å². The van der Waals surface area contributed by atoms with Crippen LogP contribution in [-0.4, -0.2) is 51.6 Å². The van der Waals surface area contributed by atoms with Crippen molar-refractivity contribution in [3.05, 3.63) is 35.9 Å². The molecule has 0 unspecified atom stereocenters. The third-order valence-corrected chi connectivity index (χ3v) is 5.52. The predicted octanol–water partition coefficient (Wildman–Crippen LogP) is 2.68. The van der Waals surface area contributed by atoms with Gasteiger partial charge in [-0.15, -0.1) is 0 Å². The molecular weight excluding hydrogens is 385 g/mol. The SMILES string of the molecule is COc1nc(-c2cnc(N3C[C@H]4C[C@@H]3CN4)c(C(F)(F)F)c2)cn2cc(C)nc12. The number of nitrogens with one attached hydrogen (secondary N) is 1. The van der Waals surface area contributed by atoms with E-state index in [9.17, 15) is 13.2 Å². The van der Waals surface area contributed by atoms with E-state index in [2.05, 4.69) is 20.3 Å². The number of aryl methyl sites for hydroxylation is 1. The maximum Gasteiger partial charge on any atom is 0.419 e. The fraction of sp³-hybridized carbons (Fsp3) is 0.421. The molecule has 3 aromatic heterocycles. The molecule has 0 aliphatic carbocycles. The predicted molar refractivity (Wildman–Crippen MR) is 100 cm³/mol. The summed E-state index contributed by atoms with van der Waals surface area (Å²) in [4.78, 5) is 14.7. The number of alkyl halides is 3. The molecule has 5 heterocycles. The van der Waals surface area contributed by atoms with Crippen molar-refractivity contribution in [2.45, 2.75) is 31.6 Å². The number of pyridine rings is 1. The van der Waals surface area contributed by atoms with Crippen molar-refractivity contribution >= 4 is 11.5 Å². The Morgan fingerprint density at radius 2 is 2.07 bits per heavy atom. The smallest absolute Gasteiger partial charge is 0.419 e. The van der Waals surface area contributed by atoms with Crippen LogP contribution in [0.1, 0.15) is 17.7 Å². The Balaban J connectivity index is 1.62. The molecule has 2 atom stereocenters. The van der Waals surface area contributed by atoms with Crippen molar-refractivity contribution < 1.29 is 17.9 Å². The van der Waals surface area contributed by atoms with Gasteiger partial charge in [0.15, 0.2) is 0 Å². The summed E-state index contributed by atoms with van der Waals surface area (Å²) in [6, 6.07) is 1.39. The van der Waals surface area contributed by atoms with Crippen molar-refractivity contribution in [3.8, 4) is 17.1 Å². The summed E-state index contributed by atoms with van der Waals surface area (Å²) in [7, 11) is 1.45. The van der Waals surface area contributed by atoms with Crippen molar-refractivity contribution in [2.75, 3.05) is 25.1 Å². The van der Waals surface area contributed by atoms with Gasteiger partial charge in [-0.1, -0.05) is 0 Å². The molecule has 29 heavy (non-hydrogen) atoms. The maximum atomic E-state index is 13.9. The van der Waals surface area contributed by atoms with Gasteiger partial charge in [-0.05, 0) is 19.4 Å². The summed E-state index contributed by atoms with van der Waals surface area (Å²) in [5.41, 5.74) is 1.13. The fourth-order valence-electron chi connectivity index (χ4n) is 4.22. The fourth-order valence-corrected chi connectivity index (χ4v) is 4.22. The second-order valence-corrected chi connectivity index (χ2v) is 7.49. The topological polar surface area (TPSA) is 67.6 Å². The minimum atomic E-state index is -4.52. The first kappa shape index (κ1) is 18.2. The number of ether oxygens (including phenoxy) is 1. The van der Waals surface area contributed by atoms with Crippen molar-refractivity contribution in [3.63, 3.8) is 0 Å². The number of aromatic nitrogens is 4. The van der Waals surface area contributed by atoms with Crippen LogP contribution in [0.3, 0.4) is 0 Å². The number of imidazole rings is 1. The van der Waals surface area contributed by atoms with Gasteiger partial charge in [0.1, 0.15) is 5.82 Å². The zero-order chi connectivity index (χ0) is 20.3. The maximum absolute atomic E-state index is 13.9. The highest BCUT2D eigenvalue weighted by molar-refractivity contribution is 5.66. The van der Waals surface area contributed by atoms with Crippen LogP contribution in [0.4, 0.5) is 19.0 Å². The van der Waals surface area contributed by atoms with Crippen LogP contribution in [0.2, 0.25) is 0 Å². The Labute approximate surface area is 164 Å². The lowest BCUT2D eigenvalue weighted by Crippen LogP contribution is -2.44. The van der Waals surface area contributed by atoms with Gasteiger partial charge in [-0.2, -0.15) is 13.2 Å². The molecule has 0 spiro atoms. The lowest BCUT2D eigenvalue weighted by molar-refractivity contribution is -0.137. The first-order valence-electron chi connectivity index (χ1n) is 9.31. The number of hydrogen-bond acceptors (Lipinski definition) is 6. The zero-order valence-electron chi connectivity index (χ0n) is 15.9. The molecule has 0 saturated carbocycles. The Bertz CT molecular complexity index is 1100. The van der Waals surface area contributed by atoms with E-state index in [1.165, 1.54) is 13.3 Å².